The molecule has 0 aliphatic carbocycles. The molecule has 0 radical (unpaired) electrons. The number of hydrogen-bond donors (Lipinski definition) is 1. The smallest absolute Gasteiger partial charge is 0.141 e. The van der Waals surface area contributed by atoms with Crippen LogP contribution in [0.1, 0.15) is 25.4 Å². The van der Waals surface area contributed by atoms with Gasteiger partial charge in [-0.15, -0.1) is 11.8 Å². The first-order valence-corrected chi connectivity index (χ1v) is 7.59. The van der Waals surface area contributed by atoms with Gasteiger partial charge in [-0.3, -0.25) is 0 Å². The van der Waals surface area contributed by atoms with Gasteiger partial charge in [0.05, 0.1) is 5.75 Å². The van der Waals surface area contributed by atoms with Gasteiger partial charge in [0.15, 0.2) is 0 Å². The molecule has 2 rings (SSSR count). The lowest BCUT2D eigenvalue weighted by Crippen LogP contribution is -2.05. The lowest BCUT2D eigenvalue weighted by molar-refractivity contribution is 0.936. The van der Waals surface area contributed by atoms with Crippen molar-refractivity contribution in [3.05, 3.63) is 47.9 Å². The number of nitrogens with one attached hydrogen (secondary N) is 1. The topological polar surface area (TPSA) is 37.8 Å². The summed E-state index contributed by atoms with van der Waals surface area (Å²) < 4.78 is 0. The average Bonchev–Trinajstić information content (AvgIpc) is 2.46. The van der Waals surface area contributed by atoms with Crippen LogP contribution in [0.15, 0.2) is 41.3 Å². The SMILES string of the molecule is CCNc1cc(CC)nc(CSc2ccccc2)n1. The first-order valence-electron chi connectivity index (χ1n) is 6.60. The zero-order valence-corrected chi connectivity index (χ0v) is 12.2. The van der Waals surface area contributed by atoms with Gasteiger partial charge in [-0.05, 0) is 25.5 Å². The Labute approximate surface area is 118 Å². The van der Waals surface area contributed by atoms with Gasteiger partial charge in [0, 0.05) is 23.2 Å². The molecule has 1 heterocycles. The van der Waals surface area contributed by atoms with E-state index in [1.54, 1.807) is 11.8 Å². The van der Waals surface area contributed by atoms with Gasteiger partial charge in [0.25, 0.3) is 0 Å². The van der Waals surface area contributed by atoms with Crippen LogP contribution in [0, 0.1) is 0 Å². The minimum Gasteiger partial charge on any atom is -0.370 e. The Morgan fingerprint density at radius 3 is 2.58 bits per heavy atom. The standard InChI is InChI=1S/C15H19N3S/c1-3-12-10-14(16-4-2)18-15(17-12)11-19-13-8-6-5-7-9-13/h5-10H,3-4,11H2,1-2H3,(H,16,17,18). The molecule has 1 N–H and O–H groups in total. The number of benzene rings is 1. The predicted molar refractivity (Wildman–Crippen MR) is 81.6 cm³/mol. The fraction of sp³-hybridized carbons (Fsp3) is 0.333. The third-order valence-corrected chi connectivity index (χ3v) is 3.66. The van der Waals surface area contributed by atoms with Crippen LogP contribution in [0.2, 0.25) is 0 Å². The highest BCUT2D eigenvalue weighted by Gasteiger charge is 2.04. The first kappa shape index (κ1) is 13.9. The molecule has 0 bridgehead atoms. The van der Waals surface area contributed by atoms with Crippen molar-refractivity contribution in [1.82, 2.24) is 9.97 Å². The van der Waals surface area contributed by atoms with Crippen LogP contribution < -0.4 is 5.32 Å². The minimum atomic E-state index is 0.802. The number of thioether (sulfide) groups is 1. The molecule has 4 heteroatoms. The summed E-state index contributed by atoms with van der Waals surface area (Å²) in [6.07, 6.45) is 0.934. The van der Waals surface area contributed by atoms with Crippen molar-refractivity contribution in [2.45, 2.75) is 30.9 Å². The van der Waals surface area contributed by atoms with Gasteiger partial charge in [0.2, 0.25) is 0 Å². The molecule has 0 saturated carbocycles. The molecule has 19 heavy (non-hydrogen) atoms. The van der Waals surface area contributed by atoms with Crippen LogP contribution in [0.25, 0.3) is 0 Å². The number of rotatable bonds is 6. The molecule has 0 aliphatic heterocycles. The average molecular weight is 273 g/mol. The summed E-state index contributed by atoms with van der Waals surface area (Å²) >= 11 is 1.77. The molecule has 100 valence electrons. The maximum absolute atomic E-state index is 4.58. The Morgan fingerprint density at radius 2 is 1.89 bits per heavy atom. The highest BCUT2D eigenvalue weighted by Crippen LogP contribution is 2.21. The summed E-state index contributed by atoms with van der Waals surface area (Å²) in [7, 11) is 0. The zero-order chi connectivity index (χ0) is 13.5. The molecule has 0 amide bonds. The van der Waals surface area contributed by atoms with Crippen LogP contribution in [0.4, 0.5) is 5.82 Å². The van der Waals surface area contributed by atoms with E-state index in [0.717, 1.165) is 36.1 Å². The van der Waals surface area contributed by atoms with Gasteiger partial charge in [-0.25, -0.2) is 9.97 Å². The van der Waals surface area contributed by atoms with Crippen LogP contribution in [0.3, 0.4) is 0 Å². The van der Waals surface area contributed by atoms with E-state index in [2.05, 4.69) is 53.4 Å². The summed E-state index contributed by atoms with van der Waals surface area (Å²) in [6, 6.07) is 12.4. The van der Waals surface area contributed by atoms with Crippen LogP contribution in [-0.4, -0.2) is 16.5 Å². The van der Waals surface area contributed by atoms with Crippen molar-refractivity contribution in [3.8, 4) is 0 Å². The van der Waals surface area contributed by atoms with Crippen molar-refractivity contribution >= 4 is 17.6 Å². The summed E-state index contributed by atoms with van der Waals surface area (Å²) in [5, 5.41) is 3.26. The third-order valence-electron chi connectivity index (χ3n) is 2.66. The van der Waals surface area contributed by atoms with Gasteiger partial charge in [0.1, 0.15) is 11.6 Å². The zero-order valence-electron chi connectivity index (χ0n) is 11.4. The molecule has 0 atom stereocenters. The van der Waals surface area contributed by atoms with E-state index in [-0.39, 0.29) is 0 Å². The Balaban J connectivity index is 2.08. The van der Waals surface area contributed by atoms with Crippen molar-refractivity contribution in [2.24, 2.45) is 0 Å². The van der Waals surface area contributed by atoms with Gasteiger partial charge < -0.3 is 5.32 Å². The fourth-order valence-electron chi connectivity index (χ4n) is 1.73. The Kier molecular flexibility index (Phi) is 5.21. The van der Waals surface area contributed by atoms with E-state index in [4.69, 9.17) is 0 Å². The van der Waals surface area contributed by atoms with E-state index < -0.39 is 0 Å². The first-order chi connectivity index (χ1) is 9.31. The number of aromatic nitrogens is 2. The van der Waals surface area contributed by atoms with Gasteiger partial charge in [-0.2, -0.15) is 0 Å². The van der Waals surface area contributed by atoms with Crippen molar-refractivity contribution in [1.29, 1.82) is 0 Å². The fourth-order valence-corrected chi connectivity index (χ4v) is 2.51. The monoisotopic (exact) mass is 273 g/mol. The molecular weight excluding hydrogens is 254 g/mol. The molecule has 2 aromatic rings. The number of anilines is 1. The number of aryl methyl sites for hydroxylation is 1. The van der Waals surface area contributed by atoms with E-state index in [9.17, 15) is 0 Å². The van der Waals surface area contributed by atoms with E-state index >= 15 is 0 Å². The van der Waals surface area contributed by atoms with Gasteiger partial charge in [-0.1, -0.05) is 25.1 Å². The largest absolute Gasteiger partial charge is 0.370 e. The Bertz CT molecular complexity index is 514. The number of hydrogen-bond acceptors (Lipinski definition) is 4. The summed E-state index contributed by atoms with van der Waals surface area (Å²) in [6.45, 7) is 5.07. The summed E-state index contributed by atoms with van der Waals surface area (Å²) in [4.78, 5) is 10.4. The van der Waals surface area contributed by atoms with Crippen LogP contribution in [0.5, 0.6) is 0 Å². The predicted octanol–water partition coefficient (Wildman–Crippen LogP) is 3.76. The second kappa shape index (κ2) is 7.14. The molecule has 1 aromatic carbocycles. The lowest BCUT2D eigenvalue weighted by Gasteiger charge is -2.08. The molecule has 3 nitrogen and oxygen atoms in total. The number of nitrogens with zero attached hydrogens (tertiary/aromatic N) is 2. The summed E-state index contributed by atoms with van der Waals surface area (Å²) in [5.74, 6) is 2.62. The molecule has 0 spiro atoms. The van der Waals surface area contributed by atoms with Crippen molar-refractivity contribution in [2.75, 3.05) is 11.9 Å². The van der Waals surface area contributed by atoms with E-state index in [1.807, 2.05) is 12.1 Å². The molecule has 0 aliphatic rings. The quantitative estimate of drug-likeness (QED) is 0.813. The molecule has 1 aromatic heterocycles. The van der Waals surface area contributed by atoms with Crippen LogP contribution >= 0.6 is 11.8 Å². The van der Waals surface area contributed by atoms with E-state index in [0.29, 0.717) is 0 Å². The Morgan fingerprint density at radius 1 is 1.11 bits per heavy atom. The summed E-state index contributed by atoms with van der Waals surface area (Å²) in [5.41, 5.74) is 1.09. The Hall–Kier alpha value is -1.55. The maximum atomic E-state index is 4.58. The highest BCUT2D eigenvalue weighted by molar-refractivity contribution is 7.98. The third kappa shape index (κ3) is 4.24. The van der Waals surface area contributed by atoms with Crippen molar-refractivity contribution < 1.29 is 0 Å². The normalized spacial score (nSPS) is 10.4. The second-order valence-electron chi connectivity index (χ2n) is 4.15. The second-order valence-corrected chi connectivity index (χ2v) is 5.20. The molecule has 0 fully saturated rings. The lowest BCUT2D eigenvalue weighted by atomic mass is 10.3. The van der Waals surface area contributed by atoms with Crippen LogP contribution in [-0.2, 0) is 12.2 Å². The van der Waals surface area contributed by atoms with Gasteiger partial charge >= 0.3 is 0 Å². The van der Waals surface area contributed by atoms with Crippen molar-refractivity contribution in [3.63, 3.8) is 0 Å². The highest BCUT2D eigenvalue weighted by atomic mass is 32.2. The minimum absolute atomic E-state index is 0.802. The van der Waals surface area contributed by atoms with E-state index in [1.165, 1.54) is 4.90 Å². The molecular formula is C15H19N3S. The molecule has 0 unspecified atom stereocenters. The maximum Gasteiger partial charge on any atom is 0.141 e. The molecule has 0 saturated heterocycles.